The van der Waals surface area contributed by atoms with Gasteiger partial charge in [-0.05, 0) is 43.5 Å². The van der Waals surface area contributed by atoms with Gasteiger partial charge in [-0.3, -0.25) is 4.79 Å². The minimum absolute atomic E-state index is 0.00970. The number of hydrogen-bond acceptors (Lipinski definition) is 5. The van der Waals surface area contributed by atoms with Crippen molar-refractivity contribution >= 4 is 16.0 Å². The lowest BCUT2D eigenvalue weighted by molar-refractivity contribution is -0.143. The lowest BCUT2D eigenvalue weighted by atomic mass is 9.96. The Labute approximate surface area is 136 Å². The average molecular weight is 338 g/mol. The zero-order valence-corrected chi connectivity index (χ0v) is 14.2. The molecule has 1 aliphatic carbocycles. The molecule has 1 unspecified atom stereocenters. The molecule has 1 aromatic rings. The van der Waals surface area contributed by atoms with Gasteiger partial charge in [0, 0.05) is 19.6 Å². The maximum absolute atomic E-state index is 12.7. The van der Waals surface area contributed by atoms with Crippen LogP contribution in [0.5, 0.6) is 0 Å². The van der Waals surface area contributed by atoms with Crippen LogP contribution in [0, 0.1) is 0 Å². The van der Waals surface area contributed by atoms with Gasteiger partial charge in [0.15, 0.2) is 0 Å². The molecule has 2 fully saturated rings. The van der Waals surface area contributed by atoms with Crippen molar-refractivity contribution in [2.45, 2.75) is 35.6 Å². The predicted octanol–water partition coefficient (Wildman–Crippen LogP) is 0.874. The highest BCUT2D eigenvalue weighted by atomic mass is 32.2. The Morgan fingerprint density at radius 3 is 2.43 bits per heavy atom. The fraction of sp³-hybridized carbons (Fsp3) is 0.562. The summed E-state index contributed by atoms with van der Waals surface area (Å²) in [4.78, 5) is 12.2. The number of likely N-dealkylation sites (N-methyl/N-ethyl adjacent to an activating group) is 1. The molecule has 1 N–H and O–H groups in total. The topological polar surface area (TPSA) is 75.7 Å². The van der Waals surface area contributed by atoms with E-state index < -0.39 is 15.4 Å². The second-order valence-corrected chi connectivity index (χ2v) is 8.26. The maximum Gasteiger partial charge on any atom is 0.316 e. The van der Waals surface area contributed by atoms with E-state index in [1.54, 1.807) is 31.3 Å². The van der Waals surface area contributed by atoms with E-state index in [9.17, 15) is 13.2 Å². The van der Waals surface area contributed by atoms with E-state index in [0.717, 1.165) is 31.4 Å². The van der Waals surface area contributed by atoms with Crippen molar-refractivity contribution in [2.75, 3.05) is 27.2 Å². The third-order valence-electron chi connectivity index (χ3n) is 4.96. The van der Waals surface area contributed by atoms with Gasteiger partial charge in [0.25, 0.3) is 0 Å². The van der Waals surface area contributed by atoms with Crippen LogP contribution in [-0.4, -0.2) is 52.0 Å². The Morgan fingerprint density at radius 2 is 1.96 bits per heavy atom. The van der Waals surface area contributed by atoms with Crippen molar-refractivity contribution < 1.29 is 17.9 Å². The van der Waals surface area contributed by atoms with Crippen LogP contribution >= 0.6 is 0 Å². The molecule has 7 heteroatoms. The second kappa shape index (κ2) is 5.89. The third kappa shape index (κ3) is 2.77. The van der Waals surface area contributed by atoms with Crippen LogP contribution in [0.1, 0.15) is 24.8 Å². The van der Waals surface area contributed by atoms with Crippen molar-refractivity contribution in [3.05, 3.63) is 29.8 Å². The van der Waals surface area contributed by atoms with Gasteiger partial charge in [0.2, 0.25) is 10.0 Å². The number of carbonyl (C=O) groups excluding carboxylic acids is 1. The summed E-state index contributed by atoms with van der Waals surface area (Å²) in [5.41, 5.74) is 0.256. The number of ether oxygens (including phenoxy) is 1. The van der Waals surface area contributed by atoms with Crippen LogP contribution in [0.2, 0.25) is 0 Å². The molecule has 0 bridgehead atoms. The number of methoxy groups -OCH3 is 1. The van der Waals surface area contributed by atoms with Crippen LogP contribution in [0.25, 0.3) is 0 Å². The van der Waals surface area contributed by atoms with Crippen molar-refractivity contribution in [2.24, 2.45) is 0 Å². The maximum atomic E-state index is 12.7. The van der Waals surface area contributed by atoms with Crippen molar-refractivity contribution in [3.63, 3.8) is 0 Å². The molecule has 1 atom stereocenters. The standard InChI is InChI=1S/C16H22N2O4S/c1-18(13-7-10-17-11-13)23(20,21)14-5-3-12(4-6-14)16(8-9-16)15(19)22-2/h3-6,13,17H,7-11H2,1-2H3. The first kappa shape index (κ1) is 16.4. The fourth-order valence-corrected chi connectivity index (χ4v) is 4.57. The molecule has 1 saturated heterocycles. The molecule has 1 saturated carbocycles. The Bertz CT molecular complexity index is 689. The minimum atomic E-state index is -3.51. The number of nitrogens with one attached hydrogen (secondary N) is 1. The summed E-state index contributed by atoms with van der Waals surface area (Å²) in [6.45, 7) is 1.52. The van der Waals surface area contributed by atoms with Gasteiger partial charge in [-0.2, -0.15) is 4.31 Å². The van der Waals surface area contributed by atoms with Gasteiger partial charge in [0.1, 0.15) is 0 Å². The molecule has 3 rings (SSSR count). The number of nitrogens with zero attached hydrogens (tertiary/aromatic N) is 1. The van der Waals surface area contributed by atoms with Crippen LogP contribution in [0.3, 0.4) is 0 Å². The number of esters is 1. The number of hydrogen-bond donors (Lipinski definition) is 1. The summed E-state index contributed by atoms with van der Waals surface area (Å²) in [5.74, 6) is -0.248. The third-order valence-corrected chi connectivity index (χ3v) is 6.88. The largest absolute Gasteiger partial charge is 0.468 e. The SMILES string of the molecule is COC(=O)C1(c2ccc(S(=O)(=O)N(C)C3CCNC3)cc2)CC1. The molecular formula is C16H22N2O4S. The van der Waals surface area contributed by atoms with Crippen molar-refractivity contribution in [3.8, 4) is 0 Å². The molecule has 0 aromatic heterocycles. The Balaban J connectivity index is 1.83. The molecule has 2 aliphatic rings. The highest BCUT2D eigenvalue weighted by Crippen LogP contribution is 2.49. The summed E-state index contributed by atoms with van der Waals surface area (Å²) in [7, 11) is -0.509. The molecule has 1 aliphatic heterocycles. The quantitative estimate of drug-likeness (QED) is 0.807. The zero-order valence-electron chi connectivity index (χ0n) is 13.4. The zero-order chi connectivity index (χ0) is 16.7. The van der Waals surface area contributed by atoms with E-state index in [1.807, 2.05) is 0 Å². The molecule has 0 radical (unpaired) electrons. The first-order chi connectivity index (χ1) is 10.9. The monoisotopic (exact) mass is 338 g/mol. The molecule has 23 heavy (non-hydrogen) atoms. The lowest BCUT2D eigenvalue weighted by Crippen LogP contribution is -2.38. The van der Waals surface area contributed by atoms with Crippen LogP contribution in [0.15, 0.2) is 29.2 Å². The van der Waals surface area contributed by atoms with Gasteiger partial charge < -0.3 is 10.1 Å². The highest BCUT2D eigenvalue weighted by Gasteiger charge is 2.52. The molecular weight excluding hydrogens is 316 g/mol. The van der Waals surface area contributed by atoms with E-state index in [1.165, 1.54) is 11.4 Å². The van der Waals surface area contributed by atoms with Gasteiger partial charge in [-0.25, -0.2) is 8.42 Å². The van der Waals surface area contributed by atoms with Gasteiger partial charge in [-0.1, -0.05) is 12.1 Å². The molecule has 126 valence electrons. The first-order valence-electron chi connectivity index (χ1n) is 7.79. The molecule has 1 heterocycles. The minimum Gasteiger partial charge on any atom is -0.468 e. The smallest absolute Gasteiger partial charge is 0.316 e. The Kier molecular flexibility index (Phi) is 4.20. The van der Waals surface area contributed by atoms with E-state index in [-0.39, 0.29) is 16.9 Å². The lowest BCUT2D eigenvalue weighted by Gasteiger charge is -2.23. The number of sulfonamides is 1. The van der Waals surface area contributed by atoms with Gasteiger partial charge >= 0.3 is 5.97 Å². The second-order valence-electron chi connectivity index (χ2n) is 6.27. The normalized spacial score (nSPS) is 23.0. The van der Waals surface area contributed by atoms with E-state index in [2.05, 4.69) is 5.32 Å². The van der Waals surface area contributed by atoms with E-state index >= 15 is 0 Å². The summed E-state index contributed by atoms with van der Waals surface area (Å²) >= 11 is 0. The van der Waals surface area contributed by atoms with Crippen molar-refractivity contribution in [1.29, 1.82) is 0 Å². The average Bonchev–Trinajstić information content (AvgIpc) is 3.20. The Morgan fingerprint density at radius 1 is 1.30 bits per heavy atom. The predicted molar refractivity (Wildman–Crippen MR) is 85.6 cm³/mol. The fourth-order valence-electron chi connectivity index (χ4n) is 3.19. The van der Waals surface area contributed by atoms with Crippen LogP contribution in [0.4, 0.5) is 0 Å². The van der Waals surface area contributed by atoms with Gasteiger partial charge in [0.05, 0.1) is 17.4 Å². The first-order valence-corrected chi connectivity index (χ1v) is 9.23. The molecule has 6 nitrogen and oxygen atoms in total. The number of benzene rings is 1. The van der Waals surface area contributed by atoms with E-state index in [0.29, 0.717) is 6.54 Å². The van der Waals surface area contributed by atoms with Crippen LogP contribution in [-0.2, 0) is 25.0 Å². The Hall–Kier alpha value is -1.44. The number of carbonyl (C=O) groups is 1. The number of rotatable bonds is 5. The van der Waals surface area contributed by atoms with Crippen molar-refractivity contribution in [1.82, 2.24) is 9.62 Å². The van der Waals surface area contributed by atoms with E-state index in [4.69, 9.17) is 4.74 Å². The molecule has 0 amide bonds. The summed E-state index contributed by atoms with van der Waals surface area (Å²) in [6.07, 6.45) is 2.32. The van der Waals surface area contributed by atoms with Gasteiger partial charge in [-0.15, -0.1) is 0 Å². The summed E-state index contributed by atoms with van der Waals surface area (Å²) in [5, 5.41) is 3.18. The summed E-state index contributed by atoms with van der Waals surface area (Å²) in [6, 6.07) is 6.64. The molecule has 0 spiro atoms. The van der Waals surface area contributed by atoms with Crippen LogP contribution < -0.4 is 5.32 Å². The summed E-state index contributed by atoms with van der Waals surface area (Å²) < 4.78 is 31.7. The highest BCUT2D eigenvalue weighted by molar-refractivity contribution is 7.89. The molecule has 1 aromatic carbocycles.